The van der Waals surface area contributed by atoms with Crippen LogP contribution < -0.4 is 5.32 Å². The van der Waals surface area contributed by atoms with Crippen molar-refractivity contribution in [1.82, 2.24) is 4.90 Å². The molecular formula is C17H25FN2O2. The molecule has 1 aromatic carbocycles. The van der Waals surface area contributed by atoms with Crippen LogP contribution >= 0.6 is 0 Å². The zero-order valence-electron chi connectivity index (χ0n) is 13.8. The van der Waals surface area contributed by atoms with E-state index in [4.69, 9.17) is 4.74 Å². The van der Waals surface area contributed by atoms with E-state index in [1.54, 1.807) is 17.9 Å². The fraction of sp³-hybridized carbons (Fsp3) is 0.588. The molecule has 22 heavy (non-hydrogen) atoms. The van der Waals surface area contributed by atoms with Crippen molar-refractivity contribution in [2.45, 2.75) is 52.2 Å². The van der Waals surface area contributed by atoms with Crippen molar-refractivity contribution in [3.05, 3.63) is 29.6 Å². The number of nitrogens with zero attached hydrogens (tertiary/aromatic N) is 1. The summed E-state index contributed by atoms with van der Waals surface area (Å²) in [6.07, 6.45) is 1.58. The second-order valence-corrected chi connectivity index (χ2v) is 6.87. The van der Waals surface area contributed by atoms with E-state index >= 15 is 0 Å². The molecule has 5 heteroatoms. The second kappa shape index (κ2) is 6.55. The third kappa shape index (κ3) is 4.61. The normalized spacial score (nSPS) is 19.0. The van der Waals surface area contributed by atoms with E-state index in [0.717, 1.165) is 18.5 Å². The number of rotatable bonds is 2. The summed E-state index contributed by atoms with van der Waals surface area (Å²) in [5.41, 5.74) is 0.890. The topological polar surface area (TPSA) is 41.6 Å². The van der Waals surface area contributed by atoms with Gasteiger partial charge in [0.2, 0.25) is 0 Å². The van der Waals surface area contributed by atoms with Gasteiger partial charge in [0, 0.05) is 24.8 Å². The summed E-state index contributed by atoms with van der Waals surface area (Å²) in [6.45, 7) is 8.60. The van der Waals surface area contributed by atoms with Gasteiger partial charge in [0.25, 0.3) is 0 Å². The molecule has 0 saturated carbocycles. The predicted molar refractivity (Wildman–Crippen MR) is 85.6 cm³/mol. The first-order valence-corrected chi connectivity index (χ1v) is 7.75. The van der Waals surface area contributed by atoms with Gasteiger partial charge in [0.1, 0.15) is 11.4 Å². The number of carbonyl (C=O) groups excluding carboxylic acids is 1. The number of likely N-dealkylation sites (tertiary alicyclic amines) is 1. The molecule has 1 amide bonds. The van der Waals surface area contributed by atoms with Gasteiger partial charge in [0.15, 0.2) is 0 Å². The van der Waals surface area contributed by atoms with E-state index in [0.29, 0.717) is 18.7 Å². The van der Waals surface area contributed by atoms with Crippen LogP contribution in [0.5, 0.6) is 0 Å². The molecule has 1 heterocycles. The van der Waals surface area contributed by atoms with Gasteiger partial charge < -0.3 is 15.0 Å². The van der Waals surface area contributed by atoms with E-state index in [1.807, 2.05) is 26.8 Å². The summed E-state index contributed by atoms with van der Waals surface area (Å²) in [6, 6.07) is 5.24. The smallest absolute Gasteiger partial charge is 0.410 e. The summed E-state index contributed by atoms with van der Waals surface area (Å²) in [5.74, 6) is -0.218. The summed E-state index contributed by atoms with van der Waals surface area (Å²) < 4.78 is 19.0. The molecule has 0 spiro atoms. The molecule has 1 fully saturated rings. The van der Waals surface area contributed by atoms with Crippen LogP contribution in [0.2, 0.25) is 0 Å². The monoisotopic (exact) mass is 308 g/mol. The molecule has 2 rings (SSSR count). The summed E-state index contributed by atoms with van der Waals surface area (Å²) in [5, 5.41) is 3.31. The fourth-order valence-corrected chi connectivity index (χ4v) is 2.51. The number of hydrogen-bond donors (Lipinski definition) is 1. The molecule has 1 saturated heterocycles. The zero-order valence-corrected chi connectivity index (χ0v) is 13.8. The SMILES string of the molecule is Cc1ccc(NC2CCCN(C(=O)OC(C)(C)C)C2)cc1F. The first-order chi connectivity index (χ1) is 10.2. The fourth-order valence-electron chi connectivity index (χ4n) is 2.51. The Bertz CT molecular complexity index is 540. The number of hydrogen-bond acceptors (Lipinski definition) is 3. The Morgan fingerprint density at radius 2 is 2.14 bits per heavy atom. The van der Waals surface area contributed by atoms with E-state index in [2.05, 4.69) is 5.32 Å². The molecule has 0 aromatic heterocycles. The largest absolute Gasteiger partial charge is 0.444 e. The first-order valence-electron chi connectivity index (χ1n) is 7.75. The van der Waals surface area contributed by atoms with Crippen molar-refractivity contribution in [2.75, 3.05) is 18.4 Å². The average molecular weight is 308 g/mol. The third-order valence-corrected chi connectivity index (χ3v) is 3.62. The number of benzene rings is 1. The molecule has 1 atom stereocenters. The van der Waals surface area contributed by atoms with Gasteiger partial charge in [-0.2, -0.15) is 0 Å². The van der Waals surface area contributed by atoms with Crippen LogP contribution in [0.3, 0.4) is 0 Å². The Balaban J connectivity index is 1.95. The van der Waals surface area contributed by atoms with Crippen LogP contribution in [0.25, 0.3) is 0 Å². The Labute approximate surface area is 131 Å². The van der Waals surface area contributed by atoms with Crippen LogP contribution in [0.1, 0.15) is 39.2 Å². The molecule has 1 aliphatic rings. The lowest BCUT2D eigenvalue weighted by molar-refractivity contribution is 0.0206. The van der Waals surface area contributed by atoms with E-state index < -0.39 is 5.60 Å². The number of aryl methyl sites for hydroxylation is 1. The molecule has 4 nitrogen and oxygen atoms in total. The number of anilines is 1. The van der Waals surface area contributed by atoms with Crippen molar-refractivity contribution >= 4 is 11.8 Å². The molecule has 0 bridgehead atoms. The standard InChI is InChI=1S/C17H25FN2O2/c1-12-7-8-13(10-15(12)18)19-14-6-5-9-20(11-14)16(21)22-17(2,3)4/h7-8,10,14,19H,5-6,9,11H2,1-4H3. The lowest BCUT2D eigenvalue weighted by atomic mass is 10.1. The predicted octanol–water partition coefficient (Wildman–Crippen LogP) is 3.95. The molecule has 0 aliphatic carbocycles. The van der Waals surface area contributed by atoms with Crippen LogP contribution in [0.4, 0.5) is 14.9 Å². The Hall–Kier alpha value is -1.78. The van der Waals surface area contributed by atoms with Gasteiger partial charge in [-0.3, -0.25) is 0 Å². The van der Waals surface area contributed by atoms with Crippen LogP contribution in [0.15, 0.2) is 18.2 Å². The molecular weight excluding hydrogens is 283 g/mol. The van der Waals surface area contributed by atoms with Crippen molar-refractivity contribution in [3.63, 3.8) is 0 Å². The summed E-state index contributed by atoms with van der Waals surface area (Å²) in [7, 11) is 0. The van der Waals surface area contributed by atoms with Gasteiger partial charge in [-0.15, -0.1) is 0 Å². The Morgan fingerprint density at radius 1 is 1.41 bits per heavy atom. The number of piperidine rings is 1. The molecule has 1 N–H and O–H groups in total. The minimum atomic E-state index is -0.489. The van der Waals surface area contributed by atoms with Crippen LogP contribution in [-0.2, 0) is 4.74 Å². The zero-order chi connectivity index (χ0) is 16.3. The lowest BCUT2D eigenvalue weighted by Gasteiger charge is -2.34. The van der Waals surface area contributed by atoms with Crippen molar-refractivity contribution in [3.8, 4) is 0 Å². The summed E-state index contributed by atoms with van der Waals surface area (Å²) in [4.78, 5) is 13.8. The molecule has 0 radical (unpaired) electrons. The highest BCUT2D eigenvalue weighted by Crippen LogP contribution is 2.20. The van der Waals surface area contributed by atoms with E-state index in [-0.39, 0.29) is 18.0 Å². The first kappa shape index (κ1) is 16.6. The average Bonchev–Trinajstić information content (AvgIpc) is 2.41. The number of nitrogens with one attached hydrogen (secondary N) is 1. The van der Waals surface area contributed by atoms with Gasteiger partial charge in [0.05, 0.1) is 0 Å². The minimum absolute atomic E-state index is 0.114. The third-order valence-electron chi connectivity index (χ3n) is 3.62. The van der Waals surface area contributed by atoms with Crippen molar-refractivity contribution < 1.29 is 13.9 Å². The quantitative estimate of drug-likeness (QED) is 0.899. The number of carbonyl (C=O) groups is 1. The maximum Gasteiger partial charge on any atom is 0.410 e. The Kier molecular flexibility index (Phi) is 4.94. The van der Waals surface area contributed by atoms with Gasteiger partial charge in [-0.05, 0) is 58.2 Å². The number of halogens is 1. The molecule has 1 aromatic rings. The van der Waals surface area contributed by atoms with E-state index in [9.17, 15) is 9.18 Å². The number of amides is 1. The van der Waals surface area contributed by atoms with Crippen LogP contribution in [0, 0.1) is 12.7 Å². The van der Waals surface area contributed by atoms with Gasteiger partial charge >= 0.3 is 6.09 Å². The Morgan fingerprint density at radius 3 is 2.77 bits per heavy atom. The maximum atomic E-state index is 13.6. The highest BCUT2D eigenvalue weighted by Gasteiger charge is 2.27. The highest BCUT2D eigenvalue weighted by atomic mass is 19.1. The minimum Gasteiger partial charge on any atom is -0.444 e. The van der Waals surface area contributed by atoms with Gasteiger partial charge in [-0.25, -0.2) is 9.18 Å². The lowest BCUT2D eigenvalue weighted by Crippen LogP contribution is -2.46. The molecule has 122 valence electrons. The summed E-state index contributed by atoms with van der Waals surface area (Å²) >= 11 is 0. The van der Waals surface area contributed by atoms with Crippen molar-refractivity contribution in [1.29, 1.82) is 0 Å². The van der Waals surface area contributed by atoms with Gasteiger partial charge in [-0.1, -0.05) is 6.07 Å². The highest BCUT2D eigenvalue weighted by molar-refractivity contribution is 5.68. The van der Waals surface area contributed by atoms with E-state index in [1.165, 1.54) is 6.07 Å². The van der Waals surface area contributed by atoms with Crippen molar-refractivity contribution in [2.24, 2.45) is 0 Å². The molecule has 1 unspecified atom stereocenters. The number of ether oxygens (including phenoxy) is 1. The maximum absolute atomic E-state index is 13.6. The molecule has 1 aliphatic heterocycles. The van der Waals surface area contributed by atoms with Crippen LogP contribution in [-0.4, -0.2) is 35.7 Å². The second-order valence-electron chi connectivity index (χ2n) is 6.87.